The Morgan fingerprint density at radius 3 is 0.167 bits per heavy atom. The topological polar surface area (TPSA) is 0 Å². The molecule has 0 nitrogen and oxygen atoms in total. The van der Waals surface area contributed by atoms with Crippen molar-refractivity contribution in [2.75, 3.05) is 0 Å². The standard InChI is InChI=1S/2C3H8.12C2H6/c2*1-3-2;12*1-2/h2*3H2,1-2H3;12*1-2H3. The Balaban J connectivity index is -0.00000000769. The molecular formula is C30H88. The van der Waals surface area contributed by atoms with E-state index in [9.17, 15) is 0 Å². The molecule has 0 aliphatic heterocycles. The molecule has 0 heterocycles. The van der Waals surface area contributed by atoms with Crippen molar-refractivity contribution < 1.29 is 0 Å². The van der Waals surface area contributed by atoms with E-state index in [0.717, 1.165) is 0 Å². The predicted octanol–water partition coefficient (Wildman–Crippen LogP) is 15.1. The Labute approximate surface area is 206 Å². The van der Waals surface area contributed by atoms with E-state index < -0.39 is 0 Å². The van der Waals surface area contributed by atoms with Gasteiger partial charge < -0.3 is 0 Å². The van der Waals surface area contributed by atoms with Crippen LogP contribution in [0.15, 0.2) is 0 Å². The van der Waals surface area contributed by atoms with Gasteiger partial charge in [-0.1, -0.05) is 207 Å². The first-order valence-electron chi connectivity index (χ1n) is 14.8. The van der Waals surface area contributed by atoms with Crippen molar-refractivity contribution >= 4 is 0 Å². The van der Waals surface area contributed by atoms with Gasteiger partial charge in [0, 0.05) is 0 Å². The molecule has 0 saturated carbocycles. The van der Waals surface area contributed by atoms with E-state index in [1.807, 2.05) is 166 Å². The molecule has 30 heavy (non-hydrogen) atoms. The molecule has 0 fully saturated rings. The molecule has 0 atom stereocenters. The second-order valence-corrected chi connectivity index (χ2v) is 1.41. The van der Waals surface area contributed by atoms with Crippen molar-refractivity contribution in [1.82, 2.24) is 0 Å². The summed E-state index contributed by atoms with van der Waals surface area (Å²) in [6.07, 6.45) is 2.50. The lowest BCUT2D eigenvalue weighted by Crippen LogP contribution is -1.27. The fourth-order valence-electron chi connectivity index (χ4n) is 0. The minimum atomic E-state index is 1.25. The highest BCUT2D eigenvalue weighted by atomic mass is 13.4. The highest BCUT2D eigenvalue weighted by Crippen LogP contribution is 1.56. The minimum absolute atomic E-state index is 1.25. The van der Waals surface area contributed by atoms with Crippen LogP contribution in [-0.4, -0.2) is 0 Å². The zero-order valence-corrected chi connectivity index (χ0v) is 29.4. The third kappa shape index (κ3) is 0. The van der Waals surface area contributed by atoms with Crippen LogP contribution in [0.5, 0.6) is 0 Å². The van der Waals surface area contributed by atoms with Crippen LogP contribution in [0.4, 0.5) is 0 Å². The van der Waals surface area contributed by atoms with Gasteiger partial charge in [0.15, 0.2) is 0 Å². The molecule has 0 N–H and O–H groups in total. The highest BCUT2D eigenvalue weighted by molar-refractivity contribution is 3.92. The summed E-state index contributed by atoms with van der Waals surface area (Å²) in [4.78, 5) is 0. The SMILES string of the molecule is CC.CC.CC.CC.CC.CC.CC.CC.CC.CC.CC.CC.CCC.CCC. The van der Waals surface area contributed by atoms with E-state index >= 15 is 0 Å². The molecule has 0 rings (SSSR count). The monoisotopic (exact) mass is 449 g/mol. The van der Waals surface area contributed by atoms with Gasteiger partial charge in [-0.3, -0.25) is 0 Å². The average Bonchev–Trinajstić information content (AvgIpc) is 2.94. The summed E-state index contributed by atoms with van der Waals surface area (Å²) in [6, 6.07) is 0. The lowest BCUT2D eigenvalue weighted by Gasteiger charge is -1.48. The van der Waals surface area contributed by atoms with Crippen LogP contribution in [0, 0.1) is 0 Å². The van der Waals surface area contributed by atoms with Gasteiger partial charge in [-0.2, -0.15) is 0 Å². The fourth-order valence-corrected chi connectivity index (χ4v) is 0. The zero-order valence-electron chi connectivity index (χ0n) is 29.4. The second-order valence-electron chi connectivity index (χ2n) is 1.41. The summed E-state index contributed by atoms with van der Waals surface area (Å²) in [5.41, 5.74) is 0. The van der Waals surface area contributed by atoms with E-state index in [-0.39, 0.29) is 0 Å². The average molecular weight is 449 g/mol. The van der Waals surface area contributed by atoms with Crippen molar-refractivity contribution in [2.45, 2.75) is 207 Å². The van der Waals surface area contributed by atoms with Crippen molar-refractivity contribution in [3.05, 3.63) is 0 Å². The molecule has 0 amide bonds. The largest absolute Gasteiger partial charge is 0.0683 e. The van der Waals surface area contributed by atoms with Gasteiger partial charge in [-0.05, 0) is 0 Å². The first kappa shape index (κ1) is 98.6. The van der Waals surface area contributed by atoms with Gasteiger partial charge >= 0.3 is 0 Å². The molecule has 0 unspecified atom stereocenters. The molecular weight excluding hydrogens is 360 g/mol. The molecule has 208 valence electrons. The van der Waals surface area contributed by atoms with Crippen molar-refractivity contribution in [2.24, 2.45) is 0 Å². The Morgan fingerprint density at radius 2 is 0.167 bits per heavy atom. The van der Waals surface area contributed by atoms with E-state index in [0.29, 0.717) is 0 Å². The zero-order chi connectivity index (χ0) is 29.4. The van der Waals surface area contributed by atoms with Crippen molar-refractivity contribution in [1.29, 1.82) is 0 Å². The van der Waals surface area contributed by atoms with E-state index in [1.54, 1.807) is 0 Å². The molecule has 0 aromatic heterocycles. The summed E-state index contributed by atoms with van der Waals surface area (Å²) < 4.78 is 0. The van der Waals surface area contributed by atoms with Crippen LogP contribution in [0.2, 0.25) is 0 Å². The van der Waals surface area contributed by atoms with Gasteiger partial charge in [-0.15, -0.1) is 0 Å². The van der Waals surface area contributed by atoms with Gasteiger partial charge in [0.1, 0.15) is 0 Å². The molecule has 0 saturated heterocycles. The van der Waals surface area contributed by atoms with Crippen LogP contribution in [-0.2, 0) is 0 Å². The molecule has 0 heteroatoms. The Morgan fingerprint density at radius 1 is 0.167 bits per heavy atom. The number of hydrogen-bond donors (Lipinski definition) is 0. The smallest absolute Gasteiger partial charge is 0.0590 e. The van der Waals surface area contributed by atoms with Crippen LogP contribution in [0.25, 0.3) is 0 Å². The van der Waals surface area contributed by atoms with Crippen LogP contribution in [0.1, 0.15) is 207 Å². The maximum atomic E-state index is 2.12. The molecule has 0 aliphatic rings. The number of rotatable bonds is 0. The van der Waals surface area contributed by atoms with Gasteiger partial charge in [0.25, 0.3) is 0 Å². The Kier molecular flexibility index (Phi) is 18700. The first-order valence-corrected chi connectivity index (χ1v) is 14.8. The fraction of sp³-hybridized carbons (Fsp3) is 1.00. The molecule has 0 radical (unpaired) electrons. The molecule has 0 aliphatic carbocycles. The Hall–Kier alpha value is 0. The normalized spacial score (nSPS) is 3.60. The molecule has 0 aromatic carbocycles. The number of hydrogen-bond acceptors (Lipinski definition) is 0. The molecule has 0 spiro atoms. The van der Waals surface area contributed by atoms with Gasteiger partial charge in [0.2, 0.25) is 0 Å². The van der Waals surface area contributed by atoms with Gasteiger partial charge in [0.05, 0.1) is 0 Å². The third-order valence-corrected chi connectivity index (χ3v) is 0. The maximum Gasteiger partial charge on any atom is -0.0590 e. The quantitative estimate of drug-likeness (QED) is 0.345. The van der Waals surface area contributed by atoms with Crippen molar-refractivity contribution in [3.63, 3.8) is 0 Å². The van der Waals surface area contributed by atoms with E-state index in [2.05, 4.69) is 27.7 Å². The van der Waals surface area contributed by atoms with Crippen LogP contribution in [0.3, 0.4) is 0 Å². The lowest BCUT2D eigenvalue weighted by molar-refractivity contribution is 1.09. The summed E-state index contributed by atoms with van der Waals surface area (Å²) in [6.45, 7) is 56.5. The lowest BCUT2D eigenvalue weighted by atomic mass is 10.6. The van der Waals surface area contributed by atoms with Crippen molar-refractivity contribution in [3.8, 4) is 0 Å². The summed E-state index contributed by atoms with van der Waals surface area (Å²) in [7, 11) is 0. The predicted molar refractivity (Wildman–Crippen MR) is 168 cm³/mol. The minimum Gasteiger partial charge on any atom is -0.0683 e. The van der Waals surface area contributed by atoms with Gasteiger partial charge in [-0.25, -0.2) is 0 Å². The summed E-state index contributed by atoms with van der Waals surface area (Å²) in [5.74, 6) is 0. The summed E-state index contributed by atoms with van der Waals surface area (Å²) in [5, 5.41) is 0. The van der Waals surface area contributed by atoms with Crippen LogP contribution >= 0.6 is 0 Å². The van der Waals surface area contributed by atoms with E-state index in [1.165, 1.54) is 12.8 Å². The summed E-state index contributed by atoms with van der Waals surface area (Å²) >= 11 is 0. The first-order chi connectivity index (χ1) is 14.8. The maximum absolute atomic E-state index is 2.12. The Bertz CT molecular complexity index is 2.00. The van der Waals surface area contributed by atoms with Crippen LogP contribution < -0.4 is 0 Å². The molecule has 0 aromatic rings. The second kappa shape index (κ2) is 5680. The third-order valence-electron chi connectivity index (χ3n) is 0. The molecule has 0 bridgehead atoms. The highest BCUT2D eigenvalue weighted by Gasteiger charge is 1.36. The van der Waals surface area contributed by atoms with E-state index in [4.69, 9.17) is 0 Å².